The summed E-state index contributed by atoms with van der Waals surface area (Å²) in [6, 6.07) is 14.0. The zero-order valence-electron chi connectivity index (χ0n) is 13.0. The van der Waals surface area contributed by atoms with Gasteiger partial charge in [-0.3, -0.25) is 4.98 Å². The summed E-state index contributed by atoms with van der Waals surface area (Å²) in [6.07, 6.45) is 4.89. The molecular formula is C18H23N3. The summed E-state index contributed by atoms with van der Waals surface area (Å²) < 4.78 is 0. The molecule has 0 fully saturated rings. The van der Waals surface area contributed by atoms with Crippen molar-refractivity contribution in [3.63, 3.8) is 0 Å². The zero-order chi connectivity index (χ0) is 14.8. The third-order valence-corrected chi connectivity index (χ3v) is 4.49. The summed E-state index contributed by atoms with van der Waals surface area (Å²) in [4.78, 5) is 9.02. The van der Waals surface area contributed by atoms with Gasteiger partial charge in [-0.2, -0.15) is 0 Å². The number of hydrogen-bond acceptors (Lipinski definition) is 3. The molecule has 1 aliphatic heterocycles. The van der Waals surface area contributed by atoms with E-state index in [-0.39, 0.29) is 0 Å². The van der Waals surface area contributed by atoms with E-state index in [2.05, 4.69) is 72.2 Å². The van der Waals surface area contributed by atoms with Gasteiger partial charge in [0, 0.05) is 30.7 Å². The van der Waals surface area contributed by atoms with Gasteiger partial charge < -0.3 is 9.80 Å². The van der Waals surface area contributed by atoms with Gasteiger partial charge in [0.2, 0.25) is 0 Å². The number of benzene rings is 1. The fourth-order valence-corrected chi connectivity index (χ4v) is 3.49. The van der Waals surface area contributed by atoms with Crippen LogP contribution in [0, 0.1) is 0 Å². The Morgan fingerprint density at radius 1 is 1.19 bits per heavy atom. The highest BCUT2D eigenvalue weighted by Crippen LogP contribution is 2.41. The minimum Gasteiger partial charge on any atom is -0.358 e. The first-order chi connectivity index (χ1) is 10.2. The fourth-order valence-electron chi connectivity index (χ4n) is 3.49. The van der Waals surface area contributed by atoms with Crippen LogP contribution in [0.3, 0.4) is 0 Å². The van der Waals surface area contributed by atoms with E-state index in [0.717, 1.165) is 13.0 Å². The number of aromatic nitrogens is 1. The number of likely N-dealkylation sites (N-methyl/N-ethyl adjacent to an activating group) is 1. The van der Waals surface area contributed by atoms with Crippen LogP contribution in [-0.4, -0.2) is 30.0 Å². The average molecular weight is 281 g/mol. The van der Waals surface area contributed by atoms with Crippen molar-refractivity contribution in [2.75, 3.05) is 19.0 Å². The number of rotatable bonds is 4. The molecule has 0 spiro atoms. The SMILES string of the molecule is CCC(C1c2ccccc2CN1c1ccncc1)N(C)C. The minimum absolute atomic E-state index is 0.406. The molecule has 3 heteroatoms. The molecule has 0 aliphatic carbocycles. The predicted octanol–water partition coefficient (Wildman–Crippen LogP) is 3.48. The van der Waals surface area contributed by atoms with Crippen molar-refractivity contribution in [1.29, 1.82) is 0 Å². The van der Waals surface area contributed by atoms with Crippen LogP contribution in [0.25, 0.3) is 0 Å². The van der Waals surface area contributed by atoms with Gasteiger partial charge in [-0.15, -0.1) is 0 Å². The molecule has 1 aromatic heterocycles. The van der Waals surface area contributed by atoms with E-state index < -0.39 is 0 Å². The van der Waals surface area contributed by atoms with Crippen LogP contribution < -0.4 is 4.90 Å². The second-order valence-corrected chi connectivity index (χ2v) is 5.92. The van der Waals surface area contributed by atoms with Gasteiger partial charge in [-0.05, 0) is 43.8 Å². The van der Waals surface area contributed by atoms with Crippen LogP contribution in [-0.2, 0) is 6.54 Å². The number of anilines is 1. The van der Waals surface area contributed by atoms with E-state index in [4.69, 9.17) is 0 Å². The van der Waals surface area contributed by atoms with E-state index in [1.807, 2.05) is 12.4 Å². The van der Waals surface area contributed by atoms with Crippen LogP contribution in [0.1, 0.15) is 30.5 Å². The number of fused-ring (bicyclic) bond motifs is 1. The number of nitrogens with zero attached hydrogens (tertiary/aromatic N) is 3. The molecule has 21 heavy (non-hydrogen) atoms. The summed E-state index contributed by atoms with van der Waals surface area (Å²) in [7, 11) is 4.36. The smallest absolute Gasteiger partial charge is 0.0704 e. The van der Waals surface area contributed by atoms with Crippen molar-refractivity contribution in [1.82, 2.24) is 9.88 Å². The van der Waals surface area contributed by atoms with E-state index in [1.54, 1.807) is 0 Å². The topological polar surface area (TPSA) is 19.4 Å². The summed E-state index contributed by atoms with van der Waals surface area (Å²) >= 11 is 0. The molecular weight excluding hydrogens is 258 g/mol. The highest BCUT2D eigenvalue weighted by atomic mass is 15.2. The van der Waals surface area contributed by atoms with Gasteiger partial charge in [0.05, 0.1) is 6.04 Å². The molecule has 0 bridgehead atoms. The quantitative estimate of drug-likeness (QED) is 0.855. The molecule has 0 saturated heterocycles. The van der Waals surface area contributed by atoms with Gasteiger partial charge in [-0.1, -0.05) is 31.2 Å². The fraction of sp³-hybridized carbons (Fsp3) is 0.389. The molecule has 3 rings (SSSR count). The average Bonchev–Trinajstić information content (AvgIpc) is 2.88. The normalized spacial score (nSPS) is 18.9. The molecule has 0 amide bonds. The van der Waals surface area contributed by atoms with Crippen LogP contribution in [0.5, 0.6) is 0 Å². The van der Waals surface area contributed by atoms with Crippen LogP contribution >= 0.6 is 0 Å². The lowest BCUT2D eigenvalue weighted by molar-refractivity contribution is 0.245. The second-order valence-electron chi connectivity index (χ2n) is 5.92. The van der Waals surface area contributed by atoms with Gasteiger partial charge in [0.1, 0.15) is 0 Å². The maximum Gasteiger partial charge on any atom is 0.0704 e. The molecule has 2 heterocycles. The Labute approximate surface area is 127 Å². The maximum absolute atomic E-state index is 4.15. The van der Waals surface area contributed by atoms with Crippen molar-refractivity contribution >= 4 is 5.69 Å². The Bertz CT molecular complexity index is 594. The van der Waals surface area contributed by atoms with Gasteiger partial charge in [0.25, 0.3) is 0 Å². The molecule has 0 saturated carbocycles. The first-order valence-electron chi connectivity index (χ1n) is 7.63. The maximum atomic E-state index is 4.15. The minimum atomic E-state index is 0.406. The number of pyridine rings is 1. The van der Waals surface area contributed by atoms with Crippen molar-refractivity contribution in [2.24, 2.45) is 0 Å². The molecule has 0 radical (unpaired) electrons. The van der Waals surface area contributed by atoms with Crippen molar-refractivity contribution < 1.29 is 0 Å². The summed E-state index contributed by atoms with van der Waals surface area (Å²) in [5.41, 5.74) is 4.17. The van der Waals surface area contributed by atoms with Crippen molar-refractivity contribution in [2.45, 2.75) is 32.0 Å². The van der Waals surface area contributed by atoms with Crippen LogP contribution in [0.2, 0.25) is 0 Å². The Morgan fingerprint density at radius 3 is 2.57 bits per heavy atom. The Morgan fingerprint density at radius 2 is 1.90 bits per heavy atom. The zero-order valence-corrected chi connectivity index (χ0v) is 13.0. The molecule has 110 valence electrons. The monoisotopic (exact) mass is 281 g/mol. The van der Waals surface area contributed by atoms with E-state index in [0.29, 0.717) is 12.1 Å². The molecule has 1 aromatic carbocycles. The third-order valence-electron chi connectivity index (χ3n) is 4.49. The van der Waals surface area contributed by atoms with Gasteiger partial charge in [-0.25, -0.2) is 0 Å². The largest absolute Gasteiger partial charge is 0.358 e. The van der Waals surface area contributed by atoms with Crippen molar-refractivity contribution in [3.05, 3.63) is 59.9 Å². The van der Waals surface area contributed by atoms with Crippen LogP contribution in [0.15, 0.2) is 48.8 Å². The predicted molar refractivity (Wildman–Crippen MR) is 87.4 cm³/mol. The Hall–Kier alpha value is -1.87. The Balaban J connectivity index is 2.05. The molecule has 1 aliphatic rings. The lowest BCUT2D eigenvalue weighted by Gasteiger charge is -2.37. The highest BCUT2D eigenvalue weighted by molar-refractivity contribution is 5.54. The Kier molecular flexibility index (Phi) is 3.93. The van der Waals surface area contributed by atoms with E-state index >= 15 is 0 Å². The molecule has 0 N–H and O–H groups in total. The molecule has 2 atom stereocenters. The third kappa shape index (κ3) is 2.54. The number of hydrogen-bond donors (Lipinski definition) is 0. The molecule has 3 nitrogen and oxygen atoms in total. The first kappa shape index (κ1) is 14.1. The van der Waals surface area contributed by atoms with Crippen molar-refractivity contribution in [3.8, 4) is 0 Å². The van der Waals surface area contributed by atoms with E-state index in [9.17, 15) is 0 Å². The second kappa shape index (κ2) is 5.86. The van der Waals surface area contributed by atoms with E-state index in [1.165, 1.54) is 16.8 Å². The summed E-state index contributed by atoms with van der Waals surface area (Å²) in [6.45, 7) is 3.26. The summed E-state index contributed by atoms with van der Waals surface area (Å²) in [5.74, 6) is 0. The molecule has 2 unspecified atom stereocenters. The highest BCUT2D eigenvalue weighted by Gasteiger charge is 2.36. The standard InChI is InChI=1S/C18H23N3/c1-4-17(20(2)3)18-16-8-6-5-7-14(16)13-21(18)15-9-11-19-12-10-15/h5-12,17-18H,4,13H2,1-3H3. The lowest BCUT2D eigenvalue weighted by Crippen LogP contribution is -2.40. The molecule has 2 aromatic rings. The van der Waals surface area contributed by atoms with Gasteiger partial charge in [0.15, 0.2) is 0 Å². The van der Waals surface area contributed by atoms with Gasteiger partial charge >= 0.3 is 0 Å². The lowest BCUT2D eigenvalue weighted by atomic mass is 9.96. The first-order valence-corrected chi connectivity index (χ1v) is 7.63. The summed E-state index contributed by atoms with van der Waals surface area (Å²) in [5, 5.41) is 0. The van der Waals surface area contributed by atoms with Crippen LogP contribution in [0.4, 0.5) is 5.69 Å².